The third-order valence-electron chi connectivity index (χ3n) is 7.00. The predicted octanol–water partition coefficient (Wildman–Crippen LogP) is 7.33. The Kier molecular flexibility index (Phi) is 8.42. The van der Waals surface area contributed by atoms with Crippen LogP contribution in [0.15, 0.2) is 103 Å². The highest BCUT2D eigenvalue weighted by Crippen LogP contribution is 2.44. The number of sulfone groups is 1. The predicted molar refractivity (Wildman–Crippen MR) is 170 cm³/mol. The molecule has 0 radical (unpaired) electrons. The van der Waals surface area contributed by atoms with Crippen molar-refractivity contribution in [3.05, 3.63) is 72.8 Å². The van der Waals surface area contributed by atoms with Gasteiger partial charge >= 0.3 is 0 Å². The fourth-order valence-electron chi connectivity index (χ4n) is 4.66. The molecule has 0 saturated carbocycles. The molecule has 0 aliphatic carbocycles. The van der Waals surface area contributed by atoms with Crippen molar-refractivity contribution in [3.63, 3.8) is 0 Å². The van der Waals surface area contributed by atoms with Crippen LogP contribution in [-0.2, 0) is 20.0 Å². The highest BCUT2D eigenvalue weighted by molar-refractivity contribution is 7.91. The molecule has 0 spiro atoms. The first kappa shape index (κ1) is 31.3. The Morgan fingerprint density at radius 1 is 0.778 bits per heavy atom. The van der Waals surface area contributed by atoms with E-state index in [1.54, 1.807) is 43.4 Å². The Balaban J connectivity index is 1.56. The van der Waals surface area contributed by atoms with Gasteiger partial charge in [-0.1, -0.05) is 25.1 Å². The Morgan fingerprint density at radius 2 is 1.51 bits per heavy atom. The number of azo groups is 2. The lowest BCUT2D eigenvalue weighted by molar-refractivity contribution is 0.396. The van der Waals surface area contributed by atoms with Gasteiger partial charge in [-0.25, -0.2) is 8.42 Å². The first-order chi connectivity index (χ1) is 21.4. The van der Waals surface area contributed by atoms with Gasteiger partial charge < -0.3 is 20.3 Å². The number of nitrogens with one attached hydrogen (secondary N) is 1. The van der Waals surface area contributed by atoms with Crippen molar-refractivity contribution in [2.75, 3.05) is 25.2 Å². The van der Waals surface area contributed by atoms with Crippen molar-refractivity contribution in [1.82, 2.24) is 0 Å². The molecule has 5 aromatic carbocycles. The van der Waals surface area contributed by atoms with Crippen molar-refractivity contribution in [2.24, 2.45) is 20.5 Å². The van der Waals surface area contributed by atoms with E-state index in [-0.39, 0.29) is 49.6 Å². The SMILES string of the molecule is CCS(=O)(=O)c1cc(/N=N/c2ccc3c(/N=N/c4ccc5cccc(S(=O)(=O)O)c5c4)c(NC)ccc3c2O)c(O)cc1OC. The number of fused-ring (bicyclic) bond motifs is 2. The third-order valence-corrected chi connectivity index (χ3v) is 9.66. The summed E-state index contributed by atoms with van der Waals surface area (Å²) in [5, 5.41) is 42.9. The van der Waals surface area contributed by atoms with Gasteiger partial charge in [-0.3, -0.25) is 4.55 Å². The van der Waals surface area contributed by atoms with Crippen LogP contribution in [0, 0.1) is 0 Å². The molecule has 45 heavy (non-hydrogen) atoms. The molecule has 0 aliphatic heterocycles. The monoisotopic (exact) mass is 649 g/mol. The summed E-state index contributed by atoms with van der Waals surface area (Å²) >= 11 is 0. The first-order valence-electron chi connectivity index (χ1n) is 13.3. The molecule has 13 nitrogen and oxygen atoms in total. The van der Waals surface area contributed by atoms with E-state index < -0.39 is 20.0 Å². The molecule has 0 bridgehead atoms. The smallest absolute Gasteiger partial charge is 0.295 e. The van der Waals surface area contributed by atoms with E-state index in [1.807, 2.05) is 0 Å². The number of nitrogens with zero attached hydrogens (tertiary/aromatic N) is 4. The summed E-state index contributed by atoms with van der Waals surface area (Å²) in [5.41, 5.74) is 1.14. The van der Waals surface area contributed by atoms with Crippen LogP contribution in [0.1, 0.15) is 6.92 Å². The van der Waals surface area contributed by atoms with Crippen LogP contribution in [0.5, 0.6) is 17.2 Å². The highest BCUT2D eigenvalue weighted by atomic mass is 32.2. The minimum atomic E-state index is -4.47. The second-order valence-corrected chi connectivity index (χ2v) is 13.3. The largest absolute Gasteiger partial charge is 0.505 e. The maximum Gasteiger partial charge on any atom is 0.295 e. The lowest BCUT2D eigenvalue weighted by Gasteiger charge is -2.11. The van der Waals surface area contributed by atoms with Gasteiger partial charge in [0.1, 0.15) is 38.4 Å². The Labute approximate surface area is 258 Å². The summed E-state index contributed by atoms with van der Waals surface area (Å²) in [6.45, 7) is 1.48. The minimum absolute atomic E-state index is 0.0324. The molecule has 5 rings (SSSR count). The summed E-state index contributed by atoms with van der Waals surface area (Å²) in [6.07, 6.45) is 0. The molecule has 0 heterocycles. The molecular formula is C30H27N5O8S2. The van der Waals surface area contributed by atoms with E-state index in [9.17, 15) is 31.6 Å². The Morgan fingerprint density at radius 3 is 2.20 bits per heavy atom. The number of hydrogen-bond acceptors (Lipinski definition) is 12. The van der Waals surface area contributed by atoms with Crippen LogP contribution < -0.4 is 10.1 Å². The molecule has 0 fully saturated rings. The zero-order valence-corrected chi connectivity index (χ0v) is 25.8. The summed E-state index contributed by atoms with van der Waals surface area (Å²) < 4.78 is 63.6. The van der Waals surface area contributed by atoms with Crippen LogP contribution in [0.25, 0.3) is 21.5 Å². The average Bonchev–Trinajstić information content (AvgIpc) is 3.02. The van der Waals surface area contributed by atoms with Gasteiger partial charge in [0.15, 0.2) is 15.6 Å². The van der Waals surface area contributed by atoms with Crippen molar-refractivity contribution in [2.45, 2.75) is 16.7 Å². The molecule has 0 amide bonds. The van der Waals surface area contributed by atoms with E-state index >= 15 is 0 Å². The van der Waals surface area contributed by atoms with Crippen molar-refractivity contribution in [3.8, 4) is 17.2 Å². The fourth-order valence-corrected chi connectivity index (χ4v) is 6.42. The standard InChI is InChI=1S/C30H27N5O8S2/c1-4-44(38,39)28-15-24(25(36)16-26(28)43-3)34-33-23-13-10-19-20(30(23)37)11-12-22(31-2)29(19)35-32-18-9-8-17-6-5-7-27(21(17)14-18)45(40,41)42/h5-16,31,36-37H,4H2,1-3H3,(H,40,41,42)/b34-33+,35-32+. The summed E-state index contributed by atoms with van der Waals surface area (Å²) in [5.74, 6) is -0.860. The highest BCUT2D eigenvalue weighted by Gasteiger charge is 2.21. The van der Waals surface area contributed by atoms with E-state index in [1.165, 1.54) is 38.3 Å². The average molecular weight is 650 g/mol. The normalized spacial score (nSPS) is 12.4. The minimum Gasteiger partial charge on any atom is -0.505 e. The van der Waals surface area contributed by atoms with Crippen LogP contribution in [-0.4, -0.2) is 51.5 Å². The van der Waals surface area contributed by atoms with E-state index in [2.05, 4.69) is 25.8 Å². The molecule has 5 aromatic rings. The topological polar surface area (TPSA) is 200 Å². The van der Waals surface area contributed by atoms with Crippen LogP contribution in [0.3, 0.4) is 0 Å². The number of phenols is 2. The second-order valence-electron chi connectivity index (χ2n) is 9.67. The lowest BCUT2D eigenvalue weighted by atomic mass is 10.1. The van der Waals surface area contributed by atoms with Crippen molar-refractivity contribution < 1.29 is 36.3 Å². The number of methoxy groups -OCH3 is 1. The van der Waals surface area contributed by atoms with Gasteiger partial charge in [0.2, 0.25) is 0 Å². The molecule has 0 atom stereocenters. The molecule has 0 saturated heterocycles. The molecule has 4 N–H and O–H groups in total. The van der Waals surface area contributed by atoms with Gasteiger partial charge in [0.05, 0.1) is 24.2 Å². The maximum absolute atomic E-state index is 12.5. The number of aromatic hydroxyl groups is 2. The molecule has 15 heteroatoms. The summed E-state index contributed by atoms with van der Waals surface area (Å²) in [4.78, 5) is -0.409. The maximum atomic E-state index is 12.5. The van der Waals surface area contributed by atoms with E-state index in [0.717, 1.165) is 12.1 Å². The number of benzene rings is 5. The van der Waals surface area contributed by atoms with Crippen LogP contribution >= 0.6 is 0 Å². The van der Waals surface area contributed by atoms with Gasteiger partial charge in [-0.15, -0.1) is 15.3 Å². The fraction of sp³-hybridized carbons (Fsp3) is 0.133. The summed E-state index contributed by atoms with van der Waals surface area (Å²) in [6, 6.07) is 18.0. The van der Waals surface area contributed by atoms with Gasteiger partial charge in [-0.05, 0) is 53.9 Å². The zero-order chi connectivity index (χ0) is 32.5. The van der Waals surface area contributed by atoms with Crippen LogP contribution in [0.4, 0.5) is 28.4 Å². The lowest BCUT2D eigenvalue weighted by Crippen LogP contribution is -2.05. The number of ether oxygens (including phenoxy) is 1. The number of phenolic OH excluding ortho intramolecular Hbond substituents is 2. The number of rotatable bonds is 9. The number of hydrogen-bond donors (Lipinski definition) is 4. The third kappa shape index (κ3) is 6.13. The van der Waals surface area contributed by atoms with Gasteiger partial charge in [0.25, 0.3) is 10.1 Å². The van der Waals surface area contributed by atoms with E-state index in [4.69, 9.17) is 4.74 Å². The molecular weight excluding hydrogens is 622 g/mol. The second kappa shape index (κ2) is 12.1. The number of anilines is 1. The molecule has 0 unspecified atom stereocenters. The molecule has 0 aliphatic rings. The van der Waals surface area contributed by atoms with Crippen LogP contribution in [0.2, 0.25) is 0 Å². The summed E-state index contributed by atoms with van der Waals surface area (Å²) in [7, 11) is -5.21. The Hall–Kier alpha value is -5.12. The molecule has 232 valence electrons. The van der Waals surface area contributed by atoms with Crippen molar-refractivity contribution in [1.29, 1.82) is 0 Å². The van der Waals surface area contributed by atoms with E-state index in [0.29, 0.717) is 33.2 Å². The quantitative estimate of drug-likeness (QED) is 0.0932. The van der Waals surface area contributed by atoms with Gasteiger partial charge in [0, 0.05) is 29.3 Å². The van der Waals surface area contributed by atoms with Crippen molar-refractivity contribution >= 4 is 69.9 Å². The zero-order valence-electron chi connectivity index (χ0n) is 24.1. The first-order valence-corrected chi connectivity index (χ1v) is 16.4. The molecule has 0 aromatic heterocycles. The Bertz CT molecular complexity index is 2250. The van der Waals surface area contributed by atoms with Gasteiger partial charge in [-0.2, -0.15) is 13.5 Å².